The van der Waals surface area contributed by atoms with Gasteiger partial charge < -0.3 is 16.0 Å². The smallest absolute Gasteiger partial charge is 0.239 e. The van der Waals surface area contributed by atoms with E-state index >= 15 is 0 Å². The number of benzene rings is 1. The first kappa shape index (κ1) is 19.5. The Hall–Kier alpha value is -1.54. The maximum atomic E-state index is 11.7. The molecule has 0 bridgehead atoms. The standard InChI is InChI=1S/C15H20BrN3O3S/c1-10(2)18-13(20)7-17-14(21)8-23-9-15(22)19-12-5-3-4-11(16)6-12/h3-6,10H,7-9H2,1-2H3,(H,17,21)(H,18,20)(H,19,22). The van der Waals surface area contributed by atoms with Crippen LogP contribution in [-0.2, 0) is 14.4 Å². The number of nitrogens with one attached hydrogen (secondary N) is 3. The zero-order chi connectivity index (χ0) is 17.2. The highest BCUT2D eigenvalue weighted by atomic mass is 79.9. The van der Waals surface area contributed by atoms with Crippen molar-refractivity contribution < 1.29 is 14.4 Å². The van der Waals surface area contributed by atoms with Gasteiger partial charge in [-0.3, -0.25) is 14.4 Å². The molecular formula is C15H20BrN3O3S. The number of thioether (sulfide) groups is 1. The minimum absolute atomic E-state index is 0.0375. The molecule has 0 unspecified atom stereocenters. The summed E-state index contributed by atoms with van der Waals surface area (Å²) in [7, 11) is 0. The largest absolute Gasteiger partial charge is 0.352 e. The van der Waals surface area contributed by atoms with Crippen LogP contribution in [0.5, 0.6) is 0 Å². The molecule has 0 aromatic heterocycles. The maximum Gasteiger partial charge on any atom is 0.239 e. The molecule has 0 radical (unpaired) electrons. The normalized spacial score (nSPS) is 10.3. The van der Waals surface area contributed by atoms with Gasteiger partial charge in [0.1, 0.15) is 0 Å². The Labute approximate surface area is 148 Å². The average Bonchev–Trinajstić information content (AvgIpc) is 2.44. The minimum Gasteiger partial charge on any atom is -0.352 e. The van der Waals surface area contributed by atoms with Crippen LogP contribution in [0.25, 0.3) is 0 Å². The number of hydrogen-bond donors (Lipinski definition) is 3. The van der Waals surface area contributed by atoms with Gasteiger partial charge in [0, 0.05) is 16.2 Å². The van der Waals surface area contributed by atoms with Crippen LogP contribution in [0.2, 0.25) is 0 Å². The lowest BCUT2D eigenvalue weighted by molar-refractivity contribution is -0.125. The van der Waals surface area contributed by atoms with Crippen molar-refractivity contribution >= 4 is 51.1 Å². The summed E-state index contributed by atoms with van der Waals surface area (Å²) in [6.45, 7) is 3.64. The highest BCUT2D eigenvalue weighted by molar-refractivity contribution is 9.10. The van der Waals surface area contributed by atoms with Crippen molar-refractivity contribution in [1.82, 2.24) is 10.6 Å². The van der Waals surface area contributed by atoms with Crippen LogP contribution in [0, 0.1) is 0 Å². The van der Waals surface area contributed by atoms with E-state index in [0.29, 0.717) is 5.69 Å². The Bertz CT molecular complexity index is 567. The van der Waals surface area contributed by atoms with Gasteiger partial charge >= 0.3 is 0 Å². The van der Waals surface area contributed by atoms with Crippen molar-refractivity contribution in [3.8, 4) is 0 Å². The minimum atomic E-state index is -0.274. The van der Waals surface area contributed by atoms with Crippen LogP contribution in [-0.4, -0.2) is 41.8 Å². The van der Waals surface area contributed by atoms with Crippen molar-refractivity contribution in [3.63, 3.8) is 0 Å². The molecule has 0 aliphatic heterocycles. The third-order valence-electron chi connectivity index (χ3n) is 2.47. The number of carbonyl (C=O) groups is 3. The van der Waals surface area contributed by atoms with E-state index < -0.39 is 0 Å². The second-order valence-corrected chi connectivity index (χ2v) is 6.95. The molecule has 6 nitrogen and oxygen atoms in total. The first-order valence-electron chi connectivity index (χ1n) is 7.06. The summed E-state index contributed by atoms with van der Waals surface area (Å²) in [5.74, 6) is -0.396. The van der Waals surface area contributed by atoms with Gasteiger partial charge in [0.15, 0.2) is 0 Å². The van der Waals surface area contributed by atoms with Crippen molar-refractivity contribution in [1.29, 1.82) is 0 Å². The predicted molar refractivity (Wildman–Crippen MR) is 96.4 cm³/mol. The monoisotopic (exact) mass is 401 g/mol. The summed E-state index contributed by atoms with van der Waals surface area (Å²) in [4.78, 5) is 34.7. The van der Waals surface area contributed by atoms with E-state index in [1.807, 2.05) is 26.0 Å². The second-order valence-electron chi connectivity index (χ2n) is 5.05. The summed E-state index contributed by atoms with van der Waals surface area (Å²) in [5, 5.41) is 7.93. The molecule has 0 aliphatic carbocycles. The molecular weight excluding hydrogens is 382 g/mol. The quantitative estimate of drug-likeness (QED) is 0.619. The number of amides is 3. The Balaban J connectivity index is 2.19. The number of halogens is 1. The van der Waals surface area contributed by atoms with Gasteiger partial charge in [-0.1, -0.05) is 22.0 Å². The van der Waals surface area contributed by atoms with Crippen LogP contribution in [0.1, 0.15) is 13.8 Å². The van der Waals surface area contributed by atoms with E-state index in [2.05, 4.69) is 31.9 Å². The predicted octanol–water partition coefficient (Wildman–Crippen LogP) is 1.76. The molecule has 0 fully saturated rings. The highest BCUT2D eigenvalue weighted by Gasteiger charge is 2.08. The number of carbonyl (C=O) groups excluding carboxylic acids is 3. The van der Waals surface area contributed by atoms with Gasteiger partial charge in [0.2, 0.25) is 17.7 Å². The second kappa shape index (κ2) is 10.3. The fourth-order valence-corrected chi connectivity index (χ4v) is 2.65. The molecule has 1 aromatic carbocycles. The molecule has 0 saturated heterocycles. The summed E-state index contributed by atoms with van der Waals surface area (Å²) in [6.07, 6.45) is 0. The Morgan fingerprint density at radius 3 is 2.48 bits per heavy atom. The summed E-state index contributed by atoms with van der Waals surface area (Å²) in [6, 6.07) is 7.30. The van der Waals surface area contributed by atoms with Gasteiger partial charge in [-0.25, -0.2) is 0 Å². The van der Waals surface area contributed by atoms with E-state index in [4.69, 9.17) is 0 Å². The SMILES string of the molecule is CC(C)NC(=O)CNC(=O)CSCC(=O)Nc1cccc(Br)c1. The lowest BCUT2D eigenvalue weighted by Crippen LogP contribution is -2.40. The summed E-state index contributed by atoms with van der Waals surface area (Å²) >= 11 is 4.52. The van der Waals surface area contributed by atoms with E-state index in [-0.39, 0.29) is 41.8 Å². The van der Waals surface area contributed by atoms with E-state index in [0.717, 1.165) is 4.47 Å². The van der Waals surface area contributed by atoms with Crippen LogP contribution in [0.15, 0.2) is 28.7 Å². The molecule has 23 heavy (non-hydrogen) atoms. The van der Waals surface area contributed by atoms with Gasteiger partial charge in [-0.05, 0) is 32.0 Å². The van der Waals surface area contributed by atoms with E-state index in [1.54, 1.807) is 12.1 Å². The molecule has 0 atom stereocenters. The Morgan fingerprint density at radius 1 is 1.13 bits per heavy atom. The molecule has 1 aromatic rings. The zero-order valence-electron chi connectivity index (χ0n) is 13.0. The van der Waals surface area contributed by atoms with E-state index in [9.17, 15) is 14.4 Å². The van der Waals surface area contributed by atoms with Crippen LogP contribution >= 0.6 is 27.7 Å². The number of anilines is 1. The first-order chi connectivity index (χ1) is 10.9. The lowest BCUT2D eigenvalue weighted by atomic mass is 10.3. The maximum absolute atomic E-state index is 11.7. The molecule has 3 N–H and O–H groups in total. The molecule has 0 saturated carbocycles. The fraction of sp³-hybridized carbons (Fsp3) is 0.400. The molecule has 8 heteroatoms. The Morgan fingerprint density at radius 2 is 1.83 bits per heavy atom. The molecule has 0 spiro atoms. The molecule has 0 heterocycles. The molecule has 0 aliphatic rings. The molecule has 1 rings (SSSR count). The topological polar surface area (TPSA) is 87.3 Å². The average molecular weight is 402 g/mol. The van der Waals surface area contributed by atoms with Gasteiger partial charge in [0.05, 0.1) is 18.1 Å². The van der Waals surface area contributed by atoms with Gasteiger partial charge in [0.25, 0.3) is 0 Å². The van der Waals surface area contributed by atoms with Gasteiger partial charge in [-0.15, -0.1) is 11.8 Å². The van der Waals surface area contributed by atoms with E-state index in [1.165, 1.54) is 11.8 Å². The number of rotatable bonds is 8. The van der Waals surface area contributed by atoms with Crippen molar-refractivity contribution in [2.75, 3.05) is 23.4 Å². The zero-order valence-corrected chi connectivity index (χ0v) is 15.4. The van der Waals surface area contributed by atoms with Crippen molar-refractivity contribution in [2.45, 2.75) is 19.9 Å². The lowest BCUT2D eigenvalue weighted by Gasteiger charge is -2.09. The van der Waals surface area contributed by atoms with Crippen molar-refractivity contribution in [3.05, 3.63) is 28.7 Å². The fourth-order valence-electron chi connectivity index (χ4n) is 1.60. The highest BCUT2D eigenvalue weighted by Crippen LogP contribution is 2.15. The van der Waals surface area contributed by atoms with Crippen LogP contribution in [0.4, 0.5) is 5.69 Å². The van der Waals surface area contributed by atoms with Crippen molar-refractivity contribution in [2.24, 2.45) is 0 Å². The third kappa shape index (κ3) is 9.25. The summed E-state index contributed by atoms with van der Waals surface area (Å²) in [5.41, 5.74) is 0.694. The van der Waals surface area contributed by atoms with Crippen LogP contribution in [0.3, 0.4) is 0 Å². The first-order valence-corrected chi connectivity index (χ1v) is 9.01. The molecule has 126 valence electrons. The van der Waals surface area contributed by atoms with Crippen LogP contribution < -0.4 is 16.0 Å². The molecule has 3 amide bonds. The third-order valence-corrected chi connectivity index (χ3v) is 3.90. The Kier molecular flexibility index (Phi) is 8.71. The van der Waals surface area contributed by atoms with Gasteiger partial charge in [-0.2, -0.15) is 0 Å². The number of hydrogen-bond acceptors (Lipinski definition) is 4. The summed E-state index contributed by atoms with van der Waals surface area (Å²) < 4.78 is 0.877.